The van der Waals surface area contributed by atoms with Gasteiger partial charge in [-0.25, -0.2) is 9.13 Å². The summed E-state index contributed by atoms with van der Waals surface area (Å²) in [6, 6.07) is 0. The highest BCUT2D eigenvalue weighted by Crippen LogP contribution is 2.45. The van der Waals surface area contributed by atoms with Gasteiger partial charge in [-0.2, -0.15) is 0 Å². The zero-order chi connectivity index (χ0) is 72.4. The van der Waals surface area contributed by atoms with Crippen molar-refractivity contribution in [3.63, 3.8) is 0 Å². The molecule has 582 valence electrons. The minimum absolute atomic E-state index is 0.103. The van der Waals surface area contributed by atoms with E-state index in [2.05, 4.69) is 55.4 Å². The lowest BCUT2D eigenvalue weighted by Gasteiger charge is -2.21. The molecule has 0 radical (unpaired) electrons. The van der Waals surface area contributed by atoms with E-state index in [1.807, 2.05) is 0 Å². The molecule has 0 saturated carbocycles. The monoisotopic (exact) mass is 1440 g/mol. The summed E-state index contributed by atoms with van der Waals surface area (Å²) in [4.78, 5) is 72.9. The lowest BCUT2D eigenvalue weighted by molar-refractivity contribution is -0.161. The molecule has 7 atom stereocenters. The molecule has 19 heteroatoms. The first-order valence-electron chi connectivity index (χ1n) is 40.8. The van der Waals surface area contributed by atoms with Crippen LogP contribution in [-0.4, -0.2) is 96.7 Å². The van der Waals surface area contributed by atoms with Crippen LogP contribution < -0.4 is 0 Å². The third-order valence-electron chi connectivity index (χ3n) is 19.0. The number of carbonyl (C=O) groups is 4. The van der Waals surface area contributed by atoms with Crippen molar-refractivity contribution in [2.24, 2.45) is 23.7 Å². The van der Waals surface area contributed by atoms with E-state index in [4.69, 9.17) is 37.0 Å². The van der Waals surface area contributed by atoms with Gasteiger partial charge in [0.15, 0.2) is 12.2 Å². The molecule has 0 fully saturated rings. The van der Waals surface area contributed by atoms with Gasteiger partial charge in [-0.1, -0.05) is 351 Å². The number of unbranched alkanes of at least 4 members (excludes halogenated alkanes) is 40. The van der Waals surface area contributed by atoms with Gasteiger partial charge in [0, 0.05) is 25.7 Å². The van der Waals surface area contributed by atoms with Gasteiger partial charge >= 0.3 is 39.5 Å². The number of carbonyl (C=O) groups excluding carboxylic acids is 4. The van der Waals surface area contributed by atoms with Crippen molar-refractivity contribution in [3.8, 4) is 0 Å². The fraction of sp³-hybridized carbons (Fsp3) is 0.949. The van der Waals surface area contributed by atoms with Crippen LogP contribution in [0.5, 0.6) is 0 Å². The minimum atomic E-state index is -4.96. The van der Waals surface area contributed by atoms with Gasteiger partial charge in [0.05, 0.1) is 26.4 Å². The summed E-state index contributed by atoms with van der Waals surface area (Å²) in [5.41, 5.74) is 0. The Hall–Kier alpha value is -1.94. The average molecular weight is 1440 g/mol. The predicted octanol–water partition coefficient (Wildman–Crippen LogP) is 23.2. The van der Waals surface area contributed by atoms with Crippen LogP contribution in [0.2, 0.25) is 0 Å². The van der Waals surface area contributed by atoms with Crippen LogP contribution in [0, 0.1) is 23.7 Å². The molecule has 0 rings (SSSR count). The van der Waals surface area contributed by atoms with Gasteiger partial charge < -0.3 is 33.8 Å². The lowest BCUT2D eigenvalue weighted by atomic mass is 9.99. The molecule has 0 saturated heterocycles. The Bertz CT molecular complexity index is 1920. The molecule has 98 heavy (non-hydrogen) atoms. The van der Waals surface area contributed by atoms with Crippen molar-refractivity contribution in [1.29, 1.82) is 0 Å². The molecule has 0 aliphatic heterocycles. The van der Waals surface area contributed by atoms with Crippen LogP contribution in [-0.2, 0) is 65.4 Å². The molecule has 0 spiro atoms. The third kappa shape index (κ3) is 69.8. The largest absolute Gasteiger partial charge is 0.472 e. The molecule has 0 aliphatic rings. The second-order valence-electron chi connectivity index (χ2n) is 29.9. The molecular formula is C79H154O17P2. The summed E-state index contributed by atoms with van der Waals surface area (Å²) in [6.07, 6.45) is 54.3. The average Bonchev–Trinajstić information content (AvgIpc) is 1.16. The van der Waals surface area contributed by atoms with Crippen LogP contribution in [0.1, 0.15) is 402 Å². The van der Waals surface area contributed by atoms with E-state index < -0.39 is 97.5 Å². The Kier molecular flexibility index (Phi) is 66.8. The number of rotatable bonds is 76. The van der Waals surface area contributed by atoms with E-state index in [1.165, 1.54) is 199 Å². The van der Waals surface area contributed by atoms with Crippen LogP contribution in [0.4, 0.5) is 0 Å². The standard InChI is InChI=1S/C79H154O17P2/c1-9-71(7)57-49-41-33-26-22-17-15-13-11-12-14-16-18-23-27-34-43-51-59-76(81)89-65-74(95-78(83)61-53-45-35-28-24-20-19-21-25-31-39-47-55-69(3)4)67-93-97(85,86)91-63-73(80)64-92-98(87,88)94-68-75(66-90-77(82)60-52-44-38-37-42-50-58-72(8)10-2)96-79(84)62-54-46-36-30-29-32-40-48-56-70(5)6/h69-75,80H,9-68H2,1-8H3,(H,85,86)(H,87,88)/t71?,72?,73-,74-,75-/m1/s1. The highest BCUT2D eigenvalue weighted by atomic mass is 31.2. The van der Waals surface area contributed by atoms with Crippen LogP contribution in [0.25, 0.3) is 0 Å². The zero-order valence-corrected chi connectivity index (χ0v) is 66.2. The van der Waals surface area contributed by atoms with Crippen LogP contribution >= 0.6 is 15.6 Å². The molecule has 0 aromatic heterocycles. The Labute approximate surface area is 600 Å². The Morgan fingerprint density at radius 2 is 0.490 bits per heavy atom. The highest BCUT2D eigenvalue weighted by molar-refractivity contribution is 7.47. The van der Waals surface area contributed by atoms with Gasteiger partial charge in [-0.15, -0.1) is 0 Å². The summed E-state index contributed by atoms with van der Waals surface area (Å²) in [5, 5.41) is 10.6. The van der Waals surface area contributed by atoms with Crippen LogP contribution in [0.15, 0.2) is 0 Å². The number of ether oxygens (including phenoxy) is 4. The number of phosphoric acid groups is 2. The van der Waals surface area contributed by atoms with Gasteiger partial charge in [-0.05, 0) is 49.4 Å². The first kappa shape index (κ1) is 96.1. The van der Waals surface area contributed by atoms with Gasteiger partial charge in [0.25, 0.3) is 0 Å². The first-order chi connectivity index (χ1) is 47.2. The molecule has 17 nitrogen and oxygen atoms in total. The maximum absolute atomic E-state index is 13.1. The highest BCUT2D eigenvalue weighted by Gasteiger charge is 2.30. The van der Waals surface area contributed by atoms with Gasteiger partial charge in [0.2, 0.25) is 0 Å². The van der Waals surface area contributed by atoms with Crippen molar-refractivity contribution in [1.82, 2.24) is 0 Å². The molecule has 4 unspecified atom stereocenters. The summed E-state index contributed by atoms with van der Waals surface area (Å²) in [7, 11) is -9.92. The van der Waals surface area contributed by atoms with E-state index in [-0.39, 0.29) is 25.7 Å². The minimum Gasteiger partial charge on any atom is -0.462 e. The summed E-state index contributed by atoms with van der Waals surface area (Å²) in [5.74, 6) is 0.979. The van der Waals surface area contributed by atoms with Crippen molar-refractivity contribution >= 4 is 39.5 Å². The number of esters is 4. The molecule has 0 bridgehead atoms. The van der Waals surface area contributed by atoms with Gasteiger partial charge in [0.1, 0.15) is 19.3 Å². The Morgan fingerprint density at radius 1 is 0.286 bits per heavy atom. The Morgan fingerprint density at radius 3 is 0.724 bits per heavy atom. The smallest absolute Gasteiger partial charge is 0.462 e. The lowest BCUT2D eigenvalue weighted by Crippen LogP contribution is -2.30. The van der Waals surface area contributed by atoms with E-state index >= 15 is 0 Å². The van der Waals surface area contributed by atoms with E-state index in [0.29, 0.717) is 25.7 Å². The summed E-state index contributed by atoms with van der Waals surface area (Å²) in [6.45, 7) is 14.2. The quantitative estimate of drug-likeness (QED) is 0.0222. The van der Waals surface area contributed by atoms with Crippen molar-refractivity contribution in [3.05, 3.63) is 0 Å². The molecule has 0 aromatic rings. The van der Waals surface area contributed by atoms with E-state index in [1.54, 1.807) is 0 Å². The molecule has 0 aliphatic carbocycles. The molecule has 0 aromatic carbocycles. The second kappa shape index (κ2) is 68.2. The topological polar surface area (TPSA) is 237 Å². The fourth-order valence-corrected chi connectivity index (χ4v) is 13.6. The predicted molar refractivity (Wildman–Crippen MR) is 400 cm³/mol. The third-order valence-corrected chi connectivity index (χ3v) is 20.9. The number of hydrogen-bond acceptors (Lipinski definition) is 15. The summed E-state index contributed by atoms with van der Waals surface area (Å²) < 4.78 is 68.6. The number of aliphatic hydroxyl groups excluding tert-OH is 1. The van der Waals surface area contributed by atoms with Crippen molar-refractivity contribution in [2.45, 2.75) is 420 Å². The van der Waals surface area contributed by atoms with Crippen LogP contribution in [0.3, 0.4) is 0 Å². The fourth-order valence-electron chi connectivity index (χ4n) is 12.0. The maximum atomic E-state index is 13.1. The molecule has 3 N–H and O–H groups in total. The Balaban J connectivity index is 5.19. The normalized spacial score (nSPS) is 14.6. The van der Waals surface area contributed by atoms with E-state index in [0.717, 1.165) is 120 Å². The van der Waals surface area contributed by atoms with Crippen molar-refractivity contribution < 1.29 is 80.2 Å². The number of hydrogen-bond donors (Lipinski definition) is 3. The van der Waals surface area contributed by atoms with Gasteiger partial charge in [-0.3, -0.25) is 37.3 Å². The molecule has 0 heterocycles. The first-order valence-corrected chi connectivity index (χ1v) is 43.8. The number of phosphoric ester groups is 2. The molecule has 0 amide bonds. The SMILES string of the molecule is CCC(C)CCCCCCCCCCCCCCCCCCCCC(=O)OC[C@H](COP(=O)(O)OC[C@@H](O)COP(=O)(O)OC[C@@H](COC(=O)CCCCCCCCC(C)CC)OC(=O)CCCCCCCCCCC(C)C)OC(=O)CCCCCCCCCCCCCCC(C)C. The second-order valence-corrected chi connectivity index (χ2v) is 32.8. The number of aliphatic hydroxyl groups is 1. The van der Waals surface area contributed by atoms with Crippen molar-refractivity contribution in [2.75, 3.05) is 39.6 Å². The maximum Gasteiger partial charge on any atom is 0.472 e. The zero-order valence-electron chi connectivity index (χ0n) is 64.4. The molecular weight excluding hydrogens is 1280 g/mol. The van der Waals surface area contributed by atoms with E-state index in [9.17, 15) is 43.2 Å². The summed E-state index contributed by atoms with van der Waals surface area (Å²) >= 11 is 0.